The van der Waals surface area contributed by atoms with Gasteiger partial charge in [0.2, 0.25) is 0 Å². The van der Waals surface area contributed by atoms with Crippen LogP contribution in [0, 0.1) is 19.8 Å². The zero-order chi connectivity index (χ0) is 11.3. The summed E-state index contributed by atoms with van der Waals surface area (Å²) in [6.07, 6.45) is 2.47. The Kier molecular flexibility index (Phi) is 4.83. The molecular weight excluding hydrogens is 182 g/mol. The third kappa shape index (κ3) is 4.05. The minimum atomic E-state index is 0.759. The molecule has 1 N–H and O–H groups in total. The van der Waals surface area contributed by atoms with Gasteiger partial charge in [0, 0.05) is 0 Å². The van der Waals surface area contributed by atoms with Gasteiger partial charge in [0.1, 0.15) is 0 Å². The molecular formula is C14H23N. The van der Waals surface area contributed by atoms with Crippen LogP contribution in [0.3, 0.4) is 0 Å². The van der Waals surface area contributed by atoms with Gasteiger partial charge in [0.15, 0.2) is 0 Å². The van der Waals surface area contributed by atoms with Crippen molar-refractivity contribution in [3.63, 3.8) is 0 Å². The molecule has 1 heteroatoms. The lowest BCUT2D eigenvalue weighted by Crippen LogP contribution is -2.16. The highest BCUT2D eigenvalue weighted by Gasteiger charge is 2.03. The van der Waals surface area contributed by atoms with Crippen LogP contribution in [-0.2, 0) is 6.42 Å². The predicted molar refractivity (Wildman–Crippen MR) is 67.3 cm³/mol. The quantitative estimate of drug-likeness (QED) is 0.779. The summed E-state index contributed by atoms with van der Waals surface area (Å²) in [5.74, 6) is 0.759. The fraction of sp³-hybridized carbons (Fsp3) is 0.571. The van der Waals surface area contributed by atoms with Gasteiger partial charge >= 0.3 is 0 Å². The molecule has 1 atom stereocenters. The molecule has 0 saturated carbocycles. The first kappa shape index (κ1) is 12.3. The van der Waals surface area contributed by atoms with Crippen molar-refractivity contribution in [2.24, 2.45) is 5.92 Å². The van der Waals surface area contributed by atoms with Crippen LogP contribution in [0.1, 0.15) is 30.0 Å². The molecule has 0 bridgehead atoms. The molecule has 0 aliphatic rings. The molecule has 84 valence electrons. The van der Waals surface area contributed by atoms with Crippen molar-refractivity contribution in [1.82, 2.24) is 5.32 Å². The van der Waals surface area contributed by atoms with Gasteiger partial charge in [-0.25, -0.2) is 0 Å². The molecule has 0 radical (unpaired) electrons. The minimum absolute atomic E-state index is 0.759. The molecule has 15 heavy (non-hydrogen) atoms. The Morgan fingerprint density at radius 3 is 2.67 bits per heavy atom. The van der Waals surface area contributed by atoms with E-state index in [4.69, 9.17) is 0 Å². The average molecular weight is 205 g/mol. The van der Waals surface area contributed by atoms with E-state index >= 15 is 0 Å². The third-order valence-corrected chi connectivity index (χ3v) is 2.96. The minimum Gasteiger partial charge on any atom is -0.319 e. The maximum atomic E-state index is 3.23. The molecule has 0 aliphatic carbocycles. The van der Waals surface area contributed by atoms with Crippen molar-refractivity contribution < 1.29 is 0 Å². The topological polar surface area (TPSA) is 12.0 Å². The van der Waals surface area contributed by atoms with Gasteiger partial charge in [-0.15, -0.1) is 0 Å². The number of aryl methyl sites for hydroxylation is 3. The zero-order valence-electron chi connectivity index (χ0n) is 10.4. The van der Waals surface area contributed by atoms with E-state index in [1.165, 1.54) is 29.5 Å². The van der Waals surface area contributed by atoms with Gasteiger partial charge in [0.05, 0.1) is 0 Å². The Bertz CT molecular complexity index is 304. The van der Waals surface area contributed by atoms with Gasteiger partial charge in [-0.2, -0.15) is 0 Å². The maximum absolute atomic E-state index is 3.23. The first-order chi connectivity index (χ1) is 7.13. The maximum Gasteiger partial charge on any atom is -0.00260 e. The summed E-state index contributed by atoms with van der Waals surface area (Å²) in [7, 11) is 2.02. The summed E-state index contributed by atoms with van der Waals surface area (Å²) in [5, 5.41) is 3.23. The van der Waals surface area contributed by atoms with Crippen molar-refractivity contribution in [2.75, 3.05) is 13.6 Å². The monoisotopic (exact) mass is 205 g/mol. The SMILES string of the molecule is CNCC(C)CCc1cc(C)ccc1C. The fourth-order valence-corrected chi connectivity index (χ4v) is 1.92. The predicted octanol–water partition coefficient (Wildman–Crippen LogP) is 3.09. The molecule has 0 aromatic heterocycles. The standard InChI is InChI=1S/C14H23N/c1-11-5-7-13(3)14(9-11)8-6-12(2)10-15-4/h5,7,9,12,15H,6,8,10H2,1-4H3. The summed E-state index contributed by atoms with van der Waals surface area (Å²) < 4.78 is 0. The largest absolute Gasteiger partial charge is 0.319 e. The second-order valence-corrected chi connectivity index (χ2v) is 4.63. The van der Waals surface area contributed by atoms with Gasteiger partial charge in [0.25, 0.3) is 0 Å². The number of benzene rings is 1. The Hall–Kier alpha value is -0.820. The molecule has 1 aromatic rings. The van der Waals surface area contributed by atoms with Crippen LogP contribution in [0.5, 0.6) is 0 Å². The van der Waals surface area contributed by atoms with E-state index in [2.05, 4.69) is 44.3 Å². The van der Waals surface area contributed by atoms with Gasteiger partial charge in [-0.1, -0.05) is 30.7 Å². The molecule has 1 rings (SSSR count). The molecule has 0 amide bonds. The second kappa shape index (κ2) is 5.92. The number of rotatable bonds is 5. The van der Waals surface area contributed by atoms with Crippen molar-refractivity contribution >= 4 is 0 Å². The Labute approximate surface area is 93.9 Å². The van der Waals surface area contributed by atoms with Gasteiger partial charge in [-0.05, 0) is 57.3 Å². The normalized spacial score (nSPS) is 12.8. The van der Waals surface area contributed by atoms with E-state index < -0.39 is 0 Å². The van der Waals surface area contributed by atoms with E-state index in [0.717, 1.165) is 12.5 Å². The van der Waals surface area contributed by atoms with E-state index in [1.807, 2.05) is 7.05 Å². The molecule has 0 fully saturated rings. The van der Waals surface area contributed by atoms with Crippen molar-refractivity contribution in [3.05, 3.63) is 34.9 Å². The molecule has 1 aromatic carbocycles. The summed E-state index contributed by atoms with van der Waals surface area (Å²) in [5.41, 5.74) is 4.31. The van der Waals surface area contributed by atoms with E-state index in [0.29, 0.717) is 0 Å². The lowest BCUT2D eigenvalue weighted by atomic mass is 9.97. The fourth-order valence-electron chi connectivity index (χ4n) is 1.92. The van der Waals surface area contributed by atoms with Crippen LogP contribution in [0.15, 0.2) is 18.2 Å². The van der Waals surface area contributed by atoms with Crippen LogP contribution >= 0.6 is 0 Å². The van der Waals surface area contributed by atoms with Crippen molar-refractivity contribution in [2.45, 2.75) is 33.6 Å². The third-order valence-electron chi connectivity index (χ3n) is 2.96. The van der Waals surface area contributed by atoms with Crippen molar-refractivity contribution in [3.8, 4) is 0 Å². The molecule has 1 nitrogen and oxygen atoms in total. The molecule has 0 spiro atoms. The van der Waals surface area contributed by atoms with Crippen LogP contribution in [0.4, 0.5) is 0 Å². The zero-order valence-corrected chi connectivity index (χ0v) is 10.4. The van der Waals surface area contributed by atoms with Gasteiger partial charge < -0.3 is 5.32 Å². The lowest BCUT2D eigenvalue weighted by molar-refractivity contribution is 0.504. The lowest BCUT2D eigenvalue weighted by Gasteiger charge is -2.12. The van der Waals surface area contributed by atoms with Gasteiger partial charge in [-0.3, -0.25) is 0 Å². The van der Waals surface area contributed by atoms with E-state index in [1.54, 1.807) is 0 Å². The van der Waals surface area contributed by atoms with E-state index in [-0.39, 0.29) is 0 Å². The Balaban J connectivity index is 2.53. The Morgan fingerprint density at radius 2 is 2.00 bits per heavy atom. The van der Waals surface area contributed by atoms with Crippen LogP contribution in [0.2, 0.25) is 0 Å². The van der Waals surface area contributed by atoms with Crippen LogP contribution in [-0.4, -0.2) is 13.6 Å². The summed E-state index contributed by atoms with van der Waals surface area (Å²) in [6.45, 7) is 7.80. The first-order valence-electron chi connectivity index (χ1n) is 5.84. The summed E-state index contributed by atoms with van der Waals surface area (Å²) in [4.78, 5) is 0. The summed E-state index contributed by atoms with van der Waals surface area (Å²) >= 11 is 0. The molecule has 1 unspecified atom stereocenters. The number of hydrogen-bond acceptors (Lipinski definition) is 1. The highest BCUT2D eigenvalue weighted by Crippen LogP contribution is 2.15. The molecule has 0 heterocycles. The number of hydrogen-bond donors (Lipinski definition) is 1. The summed E-state index contributed by atoms with van der Waals surface area (Å²) in [6, 6.07) is 6.74. The highest BCUT2D eigenvalue weighted by molar-refractivity contribution is 5.30. The van der Waals surface area contributed by atoms with E-state index in [9.17, 15) is 0 Å². The van der Waals surface area contributed by atoms with Crippen LogP contribution in [0.25, 0.3) is 0 Å². The number of nitrogens with one attached hydrogen (secondary N) is 1. The molecule has 0 saturated heterocycles. The average Bonchev–Trinajstić information content (AvgIpc) is 2.20. The smallest absolute Gasteiger partial charge is 0.00260 e. The van der Waals surface area contributed by atoms with Crippen LogP contribution < -0.4 is 5.32 Å². The second-order valence-electron chi connectivity index (χ2n) is 4.63. The molecule has 0 aliphatic heterocycles. The van der Waals surface area contributed by atoms with Crippen molar-refractivity contribution in [1.29, 1.82) is 0 Å². The first-order valence-corrected chi connectivity index (χ1v) is 5.84. The Morgan fingerprint density at radius 1 is 1.27 bits per heavy atom. The highest BCUT2D eigenvalue weighted by atomic mass is 14.8.